The molecular weight excluding hydrogens is 252 g/mol. The number of hydrogen-bond donors (Lipinski definition) is 0. The summed E-state index contributed by atoms with van der Waals surface area (Å²) >= 11 is 0. The fourth-order valence-corrected chi connectivity index (χ4v) is 2.29. The van der Waals surface area contributed by atoms with Crippen molar-refractivity contribution in [3.63, 3.8) is 0 Å². The number of rotatable bonds is 7. The Morgan fingerprint density at radius 2 is 1.85 bits per heavy atom. The first kappa shape index (κ1) is 15.3. The van der Waals surface area contributed by atoms with Crippen molar-refractivity contribution in [3.05, 3.63) is 29.8 Å². The topological polar surface area (TPSA) is 24.9 Å². The Hall–Kier alpha value is -1.10. The van der Waals surface area contributed by atoms with Gasteiger partial charge >= 0.3 is 0 Å². The summed E-state index contributed by atoms with van der Waals surface area (Å²) in [4.78, 5) is 4.83. The Balaban J connectivity index is 1.49. The van der Waals surface area contributed by atoms with Crippen LogP contribution in [0.15, 0.2) is 24.3 Å². The van der Waals surface area contributed by atoms with Crippen molar-refractivity contribution in [1.82, 2.24) is 9.80 Å². The summed E-state index contributed by atoms with van der Waals surface area (Å²) in [6, 6.07) is 8.11. The molecule has 1 aromatic carbocycles. The van der Waals surface area contributed by atoms with E-state index in [9.17, 15) is 0 Å². The molecule has 0 unspecified atom stereocenters. The average Bonchev–Trinajstić information content (AvgIpc) is 2.45. The molecule has 0 spiro atoms. The van der Waals surface area contributed by atoms with Crippen molar-refractivity contribution in [2.45, 2.75) is 6.92 Å². The molecule has 0 bridgehead atoms. The zero-order valence-corrected chi connectivity index (χ0v) is 12.7. The van der Waals surface area contributed by atoms with Crippen molar-refractivity contribution in [2.24, 2.45) is 0 Å². The molecule has 1 aliphatic rings. The molecule has 0 saturated carbocycles. The van der Waals surface area contributed by atoms with Gasteiger partial charge < -0.3 is 14.4 Å². The van der Waals surface area contributed by atoms with Gasteiger partial charge in [-0.05, 0) is 31.7 Å². The molecule has 0 aliphatic carbocycles. The van der Waals surface area contributed by atoms with E-state index < -0.39 is 0 Å². The highest BCUT2D eigenvalue weighted by Gasteiger charge is 2.12. The van der Waals surface area contributed by atoms with Crippen LogP contribution < -0.4 is 4.74 Å². The van der Waals surface area contributed by atoms with Gasteiger partial charge in [0.25, 0.3) is 0 Å². The third-order valence-corrected chi connectivity index (χ3v) is 3.63. The van der Waals surface area contributed by atoms with Crippen LogP contribution in [0.1, 0.15) is 5.56 Å². The van der Waals surface area contributed by atoms with Crippen molar-refractivity contribution in [3.8, 4) is 5.75 Å². The lowest BCUT2D eigenvalue weighted by Gasteiger charge is -2.32. The lowest BCUT2D eigenvalue weighted by molar-refractivity contribution is 0.0658. The normalized spacial score (nSPS) is 17.3. The molecule has 20 heavy (non-hydrogen) atoms. The van der Waals surface area contributed by atoms with Crippen LogP contribution in [-0.4, -0.2) is 69.4 Å². The summed E-state index contributed by atoms with van der Waals surface area (Å²) < 4.78 is 11.3. The van der Waals surface area contributed by atoms with Gasteiger partial charge in [0.05, 0.1) is 13.2 Å². The maximum atomic E-state index is 5.65. The van der Waals surface area contributed by atoms with Gasteiger partial charge in [0, 0.05) is 32.7 Å². The van der Waals surface area contributed by atoms with E-state index in [0.717, 1.165) is 45.1 Å². The third-order valence-electron chi connectivity index (χ3n) is 3.63. The highest BCUT2D eigenvalue weighted by atomic mass is 16.5. The van der Waals surface area contributed by atoms with Gasteiger partial charge in [-0.1, -0.05) is 12.1 Å². The Bertz CT molecular complexity index is 390. The van der Waals surface area contributed by atoms with Crippen molar-refractivity contribution >= 4 is 0 Å². The van der Waals surface area contributed by atoms with E-state index in [1.807, 2.05) is 18.2 Å². The maximum absolute atomic E-state index is 5.65. The highest BCUT2D eigenvalue weighted by Crippen LogP contribution is 2.11. The van der Waals surface area contributed by atoms with Gasteiger partial charge in [0.1, 0.15) is 12.4 Å². The summed E-state index contributed by atoms with van der Waals surface area (Å²) in [5, 5.41) is 0. The Labute approximate surface area is 122 Å². The van der Waals surface area contributed by atoms with Crippen LogP contribution in [-0.2, 0) is 4.74 Å². The van der Waals surface area contributed by atoms with Gasteiger partial charge in [-0.15, -0.1) is 0 Å². The molecule has 1 fully saturated rings. The van der Waals surface area contributed by atoms with Gasteiger partial charge in [-0.25, -0.2) is 0 Å². The molecule has 0 aromatic heterocycles. The van der Waals surface area contributed by atoms with E-state index in [4.69, 9.17) is 9.47 Å². The predicted octanol–water partition coefficient (Wildman–Crippen LogP) is 1.64. The number of aryl methyl sites for hydroxylation is 1. The maximum Gasteiger partial charge on any atom is 0.119 e. The Kier molecular flexibility index (Phi) is 6.30. The van der Waals surface area contributed by atoms with Gasteiger partial charge in [0.2, 0.25) is 0 Å². The number of hydrogen-bond acceptors (Lipinski definition) is 4. The lowest BCUT2D eigenvalue weighted by Crippen LogP contribution is -2.45. The van der Waals surface area contributed by atoms with Crippen LogP contribution in [0.3, 0.4) is 0 Å². The molecule has 0 atom stereocenters. The molecule has 4 heteroatoms. The van der Waals surface area contributed by atoms with Gasteiger partial charge in [-0.3, -0.25) is 4.90 Å². The number of piperazine rings is 1. The summed E-state index contributed by atoms with van der Waals surface area (Å²) in [6.45, 7) is 9.79. The average molecular weight is 278 g/mol. The molecule has 112 valence electrons. The largest absolute Gasteiger partial charge is 0.491 e. The highest BCUT2D eigenvalue weighted by molar-refractivity contribution is 5.27. The first-order chi connectivity index (χ1) is 9.74. The fraction of sp³-hybridized carbons (Fsp3) is 0.625. The smallest absolute Gasteiger partial charge is 0.119 e. The molecule has 0 N–H and O–H groups in total. The van der Waals surface area contributed by atoms with E-state index >= 15 is 0 Å². The van der Waals surface area contributed by atoms with Crippen molar-refractivity contribution in [1.29, 1.82) is 0 Å². The number of likely N-dealkylation sites (N-methyl/N-ethyl adjacent to an activating group) is 1. The van der Waals surface area contributed by atoms with E-state index in [1.54, 1.807) is 0 Å². The molecule has 4 nitrogen and oxygen atoms in total. The number of benzene rings is 1. The molecule has 0 amide bonds. The molecule has 1 heterocycles. The zero-order chi connectivity index (χ0) is 14.2. The lowest BCUT2D eigenvalue weighted by atomic mass is 10.2. The number of nitrogens with zero attached hydrogens (tertiary/aromatic N) is 2. The SMILES string of the molecule is Cc1cccc(OCCOCCN2CCN(C)CC2)c1. The van der Waals surface area contributed by atoms with Crippen molar-refractivity contribution < 1.29 is 9.47 Å². The molecule has 1 aliphatic heterocycles. The first-order valence-corrected chi connectivity index (χ1v) is 7.42. The Morgan fingerprint density at radius 3 is 2.60 bits per heavy atom. The van der Waals surface area contributed by atoms with Gasteiger partial charge in [-0.2, -0.15) is 0 Å². The minimum Gasteiger partial charge on any atom is -0.491 e. The first-order valence-electron chi connectivity index (χ1n) is 7.42. The fourth-order valence-electron chi connectivity index (χ4n) is 2.29. The molecular formula is C16H26N2O2. The second kappa shape index (κ2) is 8.25. The van der Waals surface area contributed by atoms with E-state index in [0.29, 0.717) is 13.2 Å². The summed E-state index contributed by atoms with van der Waals surface area (Å²) in [5.41, 5.74) is 1.22. The Morgan fingerprint density at radius 1 is 1.05 bits per heavy atom. The van der Waals surface area contributed by atoms with Crippen LogP contribution in [0.2, 0.25) is 0 Å². The third kappa shape index (κ3) is 5.49. The van der Waals surface area contributed by atoms with E-state index in [1.165, 1.54) is 5.56 Å². The minimum absolute atomic E-state index is 0.617. The summed E-state index contributed by atoms with van der Waals surface area (Å²) in [5.74, 6) is 0.924. The van der Waals surface area contributed by atoms with Crippen LogP contribution in [0.5, 0.6) is 5.75 Å². The quantitative estimate of drug-likeness (QED) is 0.708. The monoisotopic (exact) mass is 278 g/mol. The van der Waals surface area contributed by atoms with E-state index in [2.05, 4.69) is 29.8 Å². The predicted molar refractivity (Wildman–Crippen MR) is 81.4 cm³/mol. The van der Waals surface area contributed by atoms with Crippen molar-refractivity contribution in [2.75, 3.05) is 59.6 Å². The van der Waals surface area contributed by atoms with Crippen LogP contribution in [0.25, 0.3) is 0 Å². The minimum atomic E-state index is 0.617. The van der Waals surface area contributed by atoms with Crippen LogP contribution >= 0.6 is 0 Å². The molecule has 1 saturated heterocycles. The molecule has 2 rings (SSSR count). The zero-order valence-electron chi connectivity index (χ0n) is 12.7. The second-order valence-corrected chi connectivity index (χ2v) is 5.42. The second-order valence-electron chi connectivity index (χ2n) is 5.42. The number of ether oxygens (including phenoxy) is 2. The van der Waals surface area contributed by atoms with Crippen LogP contribution in [0.4, 0.5) is 0 Å². The molecule has 1 aromatic rings. The van der Waals surface area contributed by atoms with Gasteiger partial charge in [0.15, 0.2) is 0 Å². The summed E-state index contributed by atoms with van der Waals surface area (Å²) in [7, 11) is 2.18. The van der Waals surface area contributed by atoms with Crippen LogP contribution in [0, 0.1) is 6.92 Å². The summed E-state index contributed by atoms with van der Waals surface area (Å²) in [6.07, 6.45) is 0. The molecule has 0 radical (unpaired) electrons. The van der Waals surface area contributed by atoms with E-state index in [-0.39, 0.29) is 0 Å². The standard InChI is InChI=1S/C16H26N2O2/c1-15-4-3-5-16(14-15)20-13-12-19-11-10-18-8-6-17(2)7-9-18/h3-5,14H,6-13H2,1-2H3.